The second-order valence-electron chi connectivity index (χ2n) is 8.92. The van der Waals surface area contributed by atoms with Gasteiger partial charge >= 0.3 is 0 Å². The first-order valence-corrected chi connectivity index (χ1v) is 13.7. The molecule has 0 bridgehead atoms. The summed E-state index contributed by atoms with van der Waals surface area (Å²) in [6.07, 6.45) is 9.41. The second kappa shape index (κ2) is 10.3. The number of nitrogens with two attached hydrogens (primary N) is 1. The number of nitrogens with zero attached hydrogens (tertiary/aromatic N) is 2. The summed E-state index contributed by atoms with van der Waals surface area (Å²) >= 11 is 3.69. The number of hydrogen-bond donors (Lipinski definition) is 2. The monoisotopic (exact) mass is 504 g/mol. The normalized spacial score (nSPS) is 21.5. The van der Waals surface area contributed by atoms with Crippen molar-refractivity contribution in [3.05, 3.63) is 82.1 Å². The molecule has 2 aliphatic rings. The predicted octanol–water partition coefficient (Wildman–Crippen LogP) is 4.78. The van der Waals surface area contributed by atoms with E-state index in [4.69, 9.17) is 15.2 Å². The highest BCUT2D eigenvalue weighted by molar-refractivity contribution is 7.16. The molecule has 0 aliphatic carbocycles. The smallest absolute Gasteiger partial charge is 0.0962 e. The highest BCUT2D eigenvalue weighted by Crippen LogP contribution is 2.40. The summed E-state index contributed by atoms with van der Waals surface area (Å²) in [6, 6.07) is 12.7. The number of fused-ring (bicyclic) bond motifs is 2. The first kappa shape index (κ1) is 23.0. The SMILES string of the molecule is NCC1OC(CNCC2OCCc3sc(-c4cccnc4)cc32)Cc2sc(-c3cccnc3)cc21. The van der Waals surface area contributed by atoms with Crippen molar-refractivity contribution in [2.24, 2.45) is 5.73 Å². The summed E-state index contributed by atoms with van der Waals surface area (Å²) in [5.41, 5.74) is 10.9. The number of pyridine rings is 2. The molecule has 8 heteroatoms. The topological polar surface area (TPSA) is 82.3 Å². The van der Waals surface area contributed by atoms with Gasteiger partial charge in [0, 0.05) is 87.9 Å². The number of hydrogen-bond acceptors (Lipinski definition) is 8. The zero-order valence-corrected chi connectivity index (χ0v) is 21.0. The Balaban J connectivity index is 1.11. The van der Waals surface area contributed by atoms with E-state index in [9.17, 15) is 0 Å². The molecule has 0 aromatic carbocycles. The van der Waals surface area contributed by atoms with E-state index >= 15 is 0 Å². The maximum absolute atomic E-state index is 6.39. The number of thiophene rings is 2. The molecule has 0 amide bonds. The fourth-order valence-corrected chi connectivity index (χ4v) is 7.33. The first-order chi connectivity index (χ1) is 17.3. The van der Waals surface area contributed by atoms with E-state index in [2.05, 4.69) is 39.6 Å². The molecule has 35 heavy (non-hydrogen) atoms. The Morgan fingerprint density at radius 2 is 1.60 bits per heavy atom. The summed E-state index contributed by atoms with van der Waals surface area (Å²) in [6.45, 7) is 2.78. The van der Waals surface area contributed by atoms with Crippen LogP contribution in [0.1, 0.15) is 33.1 Å². The van der Waals surface area contributed by atoms with Gasteiger partial charge in [-0.15, -0.1) is 22.7 Å². The van der Waals surface area contributed by atoms with Gasteiger partial charge in [0.15, 0.2) is 0 Å². The van der Waals surface area contributed by atoms with Gasteiger partial charge < -0.3 is 20.5 Å². The van der Waals surface area contributed by atoms with E-state index in [0.29, 0.717) is 6.54 Å². The van der Waals surface area contributed by atoms with E-state index in [-0.39, 0.29) is 18.3 Å². The van der Waals surface area contributed by atoms with Gasteiger partial charge in [-0.3, -0.25) is 9.97 Å². The van der Waals surface area contributed by atoms with E-state index < -0.39 is 0 Å². The summed E-state index contributed by atoms with van der Waals surface area (Å²) < 4.78 is 12.5. The maximum Gasteiger partial charge on any atom is 0.0962 e. The zero-order chi connectivity index (χ0) is 23.6. The predicted molar refractivity (Wildman–Crippen MR) is 141 cm³/mol. The fraction of sp³-hybridized carbons (Fsp3) is 0.333. The second-order valence-corrected chi connectivity index (χ2v) is 11.2. The van der Waals surface area contributed by atoms with Gasteiger partial charge in [0.25, 0.3) is 0 Å². The van der Waals surface area contributed by atoms with Crippen LogP contribution in [-0.4, -0.2) is 42.3 Å². The molecule has 0 fully saturated rings. The highest BCUT2D eigenvalue weighted by Gasteiger charge is 2.30. The van der Waals surface area contributed by atoms with Gasteiger partial charge in [-0.25, -0.2) is 0 Å². The number of ether oxygens (including phenoxy) is 2. The maximum atomic E-state index is 6.39. The van der Waals surface area contributed by atoms with Crippen LogP contribution in [0.5, 0.6) is 0 Å². The van der Waals surface area contributed by atoms with E-state index in [1.165, 1.54) is 36.2 Å². The standard InChI is InChI=1S/C27H28N4O2S2/c28-12-22-20-10-26(18-4-2-7-30-14-18)35-27(20)9-19(33-22)15-31-16-23-21-11-25(17-3-1-6-29-13-17)34-24(21)5-8-32-23/h1-4,6-7,10-11,13-14,19,22-23,31H,5,8-9,12,15-16,28H2. The third kappa shape index (κ3) is 4.82. The largest absolute Gasteiger partial charge is 0.372 e. The van der Waals surface area contributed by atoms with Crippen molar-refractivity contribution >= 4 is 22.7 Å². The first-order valence-electron chi connectivity index (χ1n) is 12.0. The van der Waals surface area contributed by atoms with Crippen LogP contribution in [0.4, 0.5) is 0 Å². The third-order valence-corrected chi connectivity index (χ3v) is 9.09. The van der Waals surface area contributed by atoms with E-state index in [1.807, 2.05) is 53.4 Å². The molecular formula is C27H28N4O2S2. The van der Waals surface area contributed by atoms with Gasteiger partial charge in [-0.05, 0) is 35.4 Å². The molecule has 0 spiro atoms. The number of nitrogens with one attached hydrogen (secondary N) is 1. The number of aromatic nitrogens is 2. The number of rotatable bonds is 7. The minimum atomic E-state index is -0.0660. The van der Waals surface area contributed by atoms with Crippen LogP contribution in [0, 0.1) is 0 Å². The van der Waals surface area contributed by atoms with Gasteiger partial charge in [0.1, 0.15) is 0 Å². The Morgan fingerprint density at radius 3 is 2.26 bits per heavy atom. The summed E-state index contributed by atoms with van der Waals surface area (Å²) in [5.74, 6) is 0. The minimum Gasteiger partial charge on any atom is -0.372 e. The average Bonchev–Trinajstić information content (AvgIpc) is 3.54. The lowest BCUT2D eigenvalue weighted by atomic mass is 10.0. The van der Waals surface area contributed by atoms with Crippen LogP contribution in [0.3, 0.4) is 0 Å². The van der Waals surface area contributed by atoms with Gasteiger partial charge in [-0.1, -0.05) is 12.1 Å². The molecule has 0 saturated carbocycles. The molecule has 6 nitrogen and oxygen atoms in total. The Kier molecular flexibility index (Phi) is 6.73. The van der Waals surface area contributed by atoms with Crippen molar-refractivity contribution in [2.45, 2.75) is 31.2 Å². The molecule has 2 aliphatic heterocycles. The van der Waals surface area contributed by atoms with Crippen LogP contribution >= 0.6 is 22.7 Å². The van der Waals surface area contributed by atoms with Crippen molar-refractivity contribution in [1.82, 2.24) is 15.3 Å². The molecule has 0 saturated heterocycles. The van der Waals surface area contributed by atoms with Crippen LogP contribution in [-0.2, 0) is 22.3 Å². The third-order valence-electron chi connectivity index (χ3n) is 6.60. The highest BCUT2D eigenvalue weighted by atomic mass is 32.1. The molecule has 180 valence electrons. The van der Waals surface area contributed by atoms with Crippen molar-refractivity contribution in [3.63, 3.8) is 0 Å². The summed E-state index contributed by atoms with van der Waals surface area (Å²) in [5, 5.41) is 3.62. The molecule has 3 atom stereocenters. The van der Waals surface area contributed by atoms with Gasteiger partial charge in [0.2, 0.25) is 0 Å². The van der Waals surface area contributed by atoms with Gasteiger partial charge in [-0.2, -0.15) is 0 Å². The molecule has 3 unspecified atom stereocenters. The Hall–Kier alpha value is -2.46. The van der Waals surface area contributed by atoms with Crippen molar-refractivity contribution in [1.29, 1.82) is 0 Å². The summed E-state index contributed by atoms with van der Waals surface area (Å²) in [4.78, 5) is 13.8. The van der Waals surface area contributed by atoms with E-state index in [0.717, 1.165) is 38.1 Å². The van der Waals surface area contributed by atoms with Crippen molar-refractivity contribution < 1.29 is 9.47 Å². The lowest BCUT2D eigenvalue weighted by molar-refractivity contribution is -0.0214. The molecule has 4 aromatic heterocycles. The van der Waals surface area contributed by atoms with Crippen LogP contribution in [0.2, 0.25) is 0 Å². The summed E-state index contributed by atoms with van der Waals surface area (Å²) in [7, 11) is 0. The average molecular weight is 505 g/mol. The van der Waals surface area contributed by atoms with Crippen molar-refractivity contribution in [3.8, 4) is 20.9 Å². The Bertz CT molecular complexity index is 1280. The van der Waals surface area contributed by atoms with Crippen LogP contribution in [0.25, 0.3) is 20.9 Å². The lowest BCUT2D eigenvalue weighted by Gasteiger charge is -2.30. The molecule has 4 aromatic rings. The van der Waals surface area contributed by atoms with Crippen LogP contribution < -0.4 is 11.1 Å². The molecule has 6 rings (SSSR count). The molecule has 6 heterocycles. The molecule has 0 radical (unpaired) electrons. The van der Waals surface area contributed by atoms with Gasteiger partial charge in [0.05, 0.1) is 24.9 Å². The minimum absolute atomic E-state index is 0.0591. The molecular weight excluding hydrogens is 476 g/mol. The molecule has 3 N–H and O–H groups in total. The Morgan fingerprint density at radius 1 is 0.914 bits per heavy atom. The Labute approximate surface area is 213 Å². The van der Waals surface area contributed by atoms with Crippen molar-refractivity contribution in [2.75, 3.05) is 26.2 Å². The van der Waals surface area contributed by atoms with E-state index in [1.54, 1.807) is 6.20 Å². The fourth-order valence-electron chi connectivity index (χ4n) is 4.88. The zero-order valence-electron chi connectivity index (χ0n) is 19.4. The lowest BCUT2D eigenvalue weighted by Crippen LogP contribution is -2.38. The quantitative estimate of drug-likeness (QED) is 0.377. The van der Waals surface area contributed by atoms with Crippen LogP contribution in [0.15, 0.2) is 61.2 Å².